The predicted octanol–water partition coefficient (Wildman–Crippen LogP) is 3.47. The standard InChI is InChI=1S/C17H17N3O3S/c1-9-10(2)24-17-15(9)16(18-11-4-6-12(21)7-5-11)19-13(20-17)8-14(22)23-3/h4-7,21H,8H2,1-3H3,(H,18,19,20). The van der Waals surface area contributed by atoms with Crippen molar-refractivity contribution >= 4 is 39.0 Å². The van der Waals surface area contributed by atoms with Gasteiger partial charge in [-0.1, -0.05) is 0 Å². The molecule has 0 aliphatic carbocycles. The second kappa shape index (κ2) is 6.45. The van der Waals surface area contributed by atoms with Crippen molar-refractivity contribution in [1.82, 2.24) is 9.97 Å². The summed E-state index contributed by atoms with van der Waals surface area (Å²) in [5.74, 6) is 0.876. The molecule has 0 bridgehead atoms. The minimum atomic E-state index is -0.380. The van der Waals surface area contributed by atoms with E-state index in [1.54, 1.807) is 35.6 Å². The van der Waals surface area contributed by atoms with Crippen LogP contribution >= 0.6 is 11.3 Å². The number of hydrogen-bond acceptors (Lipinski definition) is 7. The molecule has 2 heterocycles. The lowest BCUT2D eigenvalue weighted by molar-refractivity contribution is -0.139. The van der Waals surface area contributed by atoms with Gasteiger partial charge in [0.05, 0.1) is 12.5 Å². The summed E-state index contributed by atoms with van der Waals surface area (Å²) in [4.78, 5) is 22.5. The van der Waals surface area contributed by atoms with Crippen LogP contribution in [0.5, 0.6) is 5.75 Å². The second-order valence-electron chi connectivity index (χ2n) is 5.38. The van der Waals surface area contributed by atoms with E-state index >= 15 is 0 Å². The van der Waals surface area contributed by atoms with Crippen LogP contribution in [0, 0.1) is 13.8 Å². The maximum atomic E-state index is 11.5. The van der Waals surface area contributed by atoms with Gasteiger partial charge in [-0.25, -0.2) is 9.97 Å². The zero-order valence-corrected chi connectivity index (χ0v) is 14.4. The number of fused-ring (bicyclic) bond motifs is 1. The summed E-state index contributed by atoms with van der Waals surface area (Å²) in [5.41, 5.74) is 1.90. The highest BCUT2D eigenvalue weighted by atomic mass is 32.1. The Balaban J connectivity index is 2.08. The maximum absolute atomic E-state index is 11.5. The third-order valence-corrected chi connectivity index (χ3v) is 4.84. The molecule has 124 valence electrons. The lowest BCUT2D eigenvalue weighted by Gasteiger charge is -2.09. The fourth-order valence-corrected chi connectivity index (χ4v) is 3.39. The fourth-order valence-electron chi connectivity index (χ4n) is 2.35. The monoisotopic (exact) mass is 343 g/mol. The van der Waals surface area contributed by atoms with E-state index in [9.17, 15) is 9.90 Å². The molecule has 0 saturated heterocycles. The Labute approximate surface area is 143 Å². The van der Waals surface area contributed by atoms with Crippen LogP contribution in [0.15, 0.2) is 24.3 Å². The Morgan fingerprint density at radius 3 is 2.62 bits per heavy atom. The molecule has 0 aliphatic rings. The number of anilines is 2. The number of carbonyl (C=O) groups is 1. The summed E-state index contributed by atoms with van der Waals surface area (Å²) in [6.07, 6.45) is 0.0205. The number of benzene rings is 1. The number of hydrogen-bond donors (Lipinski definition) is 2. The van der Waals surface area contributed by atoms with Crippen molar-refractivity contribution in [1.29, 1.82) is 0 Å². The summed E-state index contributed by atoms with van der Waals surface area (Å²) < 4.78 is 4.70. The van der Waals surface area contributed by atoms with Crippen molar-refractivity contribution in [2.24, 2.45) is 0 Å². The molecule has 0 amide bonds. The average Bonchev–Trinajstić information content (AvgIpc) is 2.84. The molecular formula is C17H17N3O3S. The summed E-state index contributed by atoms with van der Waals surface area (Å²) in [5, 5.41) is 13.6. The first-order valence-electron chi connectivity index (χ1n) is 7.37. The van der Waals surface area contributed by atoms with Crippen LogP contribution in [0.4, 0.5) is 11.5 Å². The number of thiophene rings is 1. The molecule has 2 aromatic heterocycles. The van der Waals surface area contributed by atoms with Gasteiger partial charge in [-0.3, -0.25) is 4.79 Å². The van der Waals surface area contributed by atoms with Crippen LogP contribution in [0.25, 0.3) is 10.2 Å². The highest BCUT2D eigenvalue weighted by Gasteiger charge is 2.16. The number of carbonyl (C=O) groups excluding carboxylic acids is 1. The SMILES string of the molecule is COC(=O)Cc1nc(Nc2ccc(O)cc2)c2c(C)c(C)sc2n1. The number of aromatic nitrogens is 2. The quantitative estimate of drug-likeness (QED) is 0.557. The number of ether oxygens (including phenoxy) is 1. The largest absolute Gasteiger partial charge is 0.508 e. The molecule has 0 fully saturated rings. The first-order valence-corrected chi connectivity index (χ1v) is 8.19. The smallest absolute Gasteiger partial charge is 0.313 e. The Morgan fingerprint density at radius 1 is 1.25 bits per heavy atom. The highest BCUT2D eigenvalue weighted by Crippen LogP contribution is 2.34. The molecule has 0 unspecified atom stereocenters. The first kappa shape index (κ1) is 16.2. The Kier molecular flexibility index (Phi) is 4.35. The molecule has 6 nitrogen and oxygen atoms in total. The van der Waals surface area contributed by atoms with E-state index in [1.165, 1.54) is 7.11 Å². The average molecular weight is 343 g/mol. The van der Waals surface area contributed by atoms with Crippen molar-refractivity contribution in [2.45, 2.75) is 20.3 Å². The van der Waals surface area contributed by atoms with Crippen LogP contribution < -0.4 is 5.32 Å². The van der Waals surface area contributed by atoms with Gasteiger partial charge in [-0.2, -0.15) is 0 Å². The van der Waals surface area contributed by atoms with E-state index in [0.717, 1.165) is 26.3 Å². The van der Waals surface area contributed by atoms with Gasteiger partial charge >= 0.3 is 5.97 Å². The molecule has 1 aromatic carbocycles. The number of esters is 1. The highest BCUT2D eigenvalue weighted by molar-refractivity contribution is 7.18. The molecule has 0 saturated carbocycles. The zero-order valence-electron chi connectivity index (χ0n) is 13.6. The normalized spacial score (nSPS) is 10.8. The molecule has 0 aliphatic heterocycles. The van der Waals surface area contributed by atoms with Crippen molar-refractivity contribution < 1.29 is 14.6 Å². The lowest BCUT2D eigenvalue weighted by Crippen LogP contribution is -2.09. The molecular weight excluding hydrogens is 326 g/mol. The van der Waals surface area contributed by atoms with Gasteiger partial charge in [-0.15, -0.1) is 11.3 Å². The molecule has 24 heavy (non-hydrogen) atoms. The van der Waals surface area contributed by atoms with Crippen LogP contribution in [-0.4, -0.2) is 28.2 Å². The van der Waals surface area contributed by atoms with E-state index < -0.39 is 0 Å². The summed E-state index contributed by atoms with van der Waals surface area (Å²) in [6.45, 7) is 4.06. The van der Waals surface area contributed by atoms with E-state index in [1.807, 2.05) is 13.8 Å². The van der Waals surface area contributed by atoms with Crippen molar-refractivity contribution in [3.8, 4) is 5.75 Å². The van der Waals surface area contributed by atoms with E-state index in [0.29, 0.717) is 11.6 Å². The number of aryl methyl sites for hydroxylation is 2. The van der Waals surface area contributed by atoms with Crippen LogP contribution in [0.1, 0.15) is 16.3 Å². The molecule has 2 N–H and O–H groups in total. The third-order valence-electron chi connectivity index (χ3n) is 3.74. The second-order valence-corrected chi connectivity index (χ2v) is 6.58. The predicted molar refractivity (Wildman–Crippen MR) is 94.0 cm³/mol. The number of rotatable bonds is 4. The van der Waals surface area contributed by atoms with Gasteiger partial charge in [0.2, 0.25) is 0 Å². The van der Waals surface area contributed by atoms with Crippen molar-refractivity contribution in [3.05, 3.63) is 40.5 Å². The number of phenolic OH excluding ortho intramolecular Hbond substituents is 1. The minimum Gasteiger partial charge on any atom is -0.508 e. The van der Waals surface area contributed by atoms with E-state index in [2.05, 4.69) is 15.3 Å². The third kappa shape index (κ3) is 3.16. The van der Waals surface area contributed by atoms with E-state index in [-0.39, 0.29) is 18.1 Å². The Morgan fingerprint density at radius 2 is 1.96 bits per heavy atom. The lowest BCUT2D eigenvalue weighted by atomic mass is 10.2. The zero-order chi connectivity index (χ0) is 17.3. The summed E-state index contributed by atoms with van der Waals surface area (Å²) in [7, 11) is 1.34. The van der Waals surface area contributed by atoms with Crippen molar-refractivity contribution in [2.75, 3.05) is 12.4 Å². The van der Waals surface area contributed by atoms with Crippen LogP contribution in [-0.2, 0) is 16.0 Å². The Hall–Kier alpha value is -2.67. The fraction of sp³-hybridized carbons (Fsp3) is 0.235. The number of aromatic hydroxyl groups is 1. The topological polar surface area (TPSA) is 84.3 Å². The first-order chi connectivity index (χ1) is 11.5. The Bertz CT molecular complexity index is 904. The number of methoxy groups -OCH3 is 1. The van der Waals surface area contributed by atoms with Crippen LogP contribution in [0.2, 0.25) is 0 Å². The van der Waals surface area contributed by atoms with Gasteiger partial charge in [0.15, 0.2) is 0 Å². The summed E-state index contributed by atoms with van der Waals surface area (Å²) >= 11 is 1.57. The van der Waals surface area contributed by atoms with Gasteiger partial charge in [0.1, 0.15) is 28.6 Å². The summed E-state index contributed by atoms with van der Waals surface area (Å²) in [6, 6.07) is 6.72. The van der Waals surface area contributed by atoms with Crippen LogP contribution in [0.3, 0.4) is 0 Å². The molecule has 7 heteroatoms. The van der Waals surface area contributed by atoms with Gasteiger partial charge in [0, 0.05) is 10.6 Å². The molecule has 3 aromatic rings. The molecule has 0 atom stereocenters. The number of phenols is 1. The van der Waals surface area contributed by atoms with Crippen molar-refractivity contribution in [3.63, 3.8) is 0 Å². The maximum Gasteiger partial charge on any atom is 0.313 e. The minimum absolute atomic E-state index is 0.0205. The number of nitrogens with one attached hydrogen (secondary N) is 1. The molecule has 3 rings (SSSR count). The van der Waals surface area contributed by atoms with Gasteiger partial charge < -0.3 is 15.2 Å². The van der Waals surface area contributed by atoms with E-state index in [4.69, 9.17) is 4.74 Å². The molecule has 0 spiro atoms. The van der Waals surface area contributed by atoms with Gasteiger partial charge in [0.25, 0.3) is 0 Å². The number of nitrogens with zero attached hydrogens (tertiary/aromatic N) is 2. The molecule has 0 radical (unpaired) electrons. The van der Waals surface area contributed by atoms with Gasteiger partial charge in [-0.05, 0) is 43.7 Å².